The van der Waals surface area contributed by atoms with Gasteiger partial charge in [-0.05, 0) is 0 Å². The van der Waals surface area contributed by atoms with Gasteiger partial charge in [0.25, 0.3) is 0 Å². The molecule has 18 heavy (non-hydrogen) atoms. The number of halogens is 3. The first kappa shape index (κ1) is 13.9. The molecule has 6 nitrogen and oxygen atoms in total. The molecular weight excluding hydrogens is 259 g/mol. The Kier molecular flexibility index (Phi) is 3.84. The van der Waals surface area contributed by atoms with Gasteiger partial charge in [-0.2, -0.15) is 0 Å². The monoisotopic (exact) mass is 267 g/mol. The van der Waals surface area contributed by atoms with Gasteiger partial charge in [-0.15, -0.1) is 13.2 Å². The zero-order chi connectivity index (χ0) is 13.9. The Morgan fingerprint density at radius 1 is 1.50 bits per heavy atom. The number of rotatable bonds is 4. The highest BCUT2D eigenvalue weighted by Crippen LogP contribution is 2.36. The Bertz CT molecular complexity index is 460. The maximum absolute atomic E-state index is 12.0. The minimum atomic E-state index is -5.02. The summed E-state index contributed by atoms with van der Waals surface area (Å²) in [7, 11) is 1.13. The predicted octanol–water partition coefficient (Wildman–Crippen LogP) is 1.32. The molecule has 2 N–H and O–H groups in total. The van der Waals surface area contributed by atoms with Gasteiger partial charge in [-0.25, -0.2) is 4.98 Å². The molecule has 1 rings (SSSR count). The van der Waals surface area contributed by atoms with Gasteiger partial charge in [0, 0.05) is 6.07 Å². The SMILES string of the molecule is COc1cc(OC(F)(F)F)c(O)c(CC(=O)O)n1. The second-order valence-electron chi connectivity index (χ2n) is 3.08. The molecule has 0 saturated carbocycles. The summed E-state index contributed by atoms with van der Waals surface area (Å²) in [5.41, 5.74) is -0.485. The highest BCUT2D eigenvalue weighted by atomic mass is 19.4. The number of aliphatic carboxylic acids is 1. The zero-order valence-corrected chi connectivity index (χ0v) is 8.98. The van der Waals surface area contributed by atoms with Gasteiger partial charge in [0.15, 0.2) is 11.5 Å². The number of carbonyl (C=O) groups is 1. The van der Waals surface area contributed by atoms with Gasteiger partial charge in [0.2, 0.25) is 5.88 Å². The Balaban J connectivity index is 3.20. The fourth-order valence-electron chi connectivity index (χ4n) is 1.11. The maximum atomic E-state index is 12.0. The lowest BCUT2D eigenvalue weighted by Crippen LogP contribution is -2.18. The van der Waals surface area contributed by atoms with Gasteiger partial charge in [-0.1, -0.05) is 0 Å². The second-order valence-corrected chi connectivity index (χ2v) is 3.08. The first-order valence-corrected chi connectivity index (χ1v) is 4.47. The molecule has 100 valence electrons. The average molecular weight is 267 g/mol. The summed E-state index contributed by atoms with van der Waals surface area (Å²) in [5, 5.41) is 17.9. The quantitative estimate of drug-likeness (QED) is 0.855. The topological polar surface area (TPSA) is 88.9 Å². The smallest absolute Gasteiger partial charge is 0.503 e. The van der Waals surface area contributed by atoms with Crippen LogP contribution in [0.5, 0.6) is 17.4 Å². The van der Waals surface area contributed by atoms with Crippen molar-refractivity contribution >= 4 is 5.97 Å². The third kappa shape index (κ3) is 3.68. The zero-order valence-electron chi connectivity index (χ0n) is 8.98. The predicted molar refractivity (Wildman–Crippen MR) is 50.5 cm³/mol. The number of ether oxygens (including phenoxy) is 2. The Morgan fingerprint density at radius 2 is 2.11 bits per heavy atom. The molecule has 9 heteroatoms. The molecule has 0 amide bonds. The third-order valence-electron chi connectivity index (χ3n) is 1.76. The molecule has 1 aromatic heterocycles. The van der Waals surface area contributed by atoms with Crippen LogP contribution in [0.15, 0.2) is 6.07 Å². The highest BCUT2D eigenvalue weighted by molar-refractivity contribution is 5.71. The number of carboxylic acids is 1. The fraction of sp³-hybridized carbons (Fsp3) is 0.333. The van der Waals surface area contributed by atoms with Crippen LogP contribution in [0.3, 0.4) is 0 Å². The van der Waals surface area contributed by atoms with Crippen LogP contribution in [-0.2, 0) is 11.2 Å². The summed E-state index contributed by atoms with van der Waals surface area (Å²) < 4.78 is 44.2. The third-order valence-corrected chi connectivity index (χ3v) is 1.76. The Hall–Kier alpha value is -2.19. The average Bonchev–Trinajstić information content (AvgIpc) is 2.21. The van der Waals surface area contributed by atoms with Crippen LogP contribution >= 0.6 is 0 Å². The van der Waals surface area contributed by atoms with Crippen molar-refractivity contribution in [3.05, 3.63) is 11.8 Å². The minimum absolute atomic E-state index is 0.302. The summed E-state index contributed by atoms with van der Waals surface area (Å²) in [4.78, 5) is 14.0. The number of hydrogen-bond donors (Lipinski definition) is 2. The number of aromatic hydroxyl groups is 1. The van der Waals surface area contributed by atoms with E-state index in [4.69, 9.17) is 5.11 Å². The van der Waals surface area contributed by atoms with Crippen molar-refractivity contribution < 1.29 is 37.7 Å². The van der Waals surface area contributed by atoms with E-state index in [2.05, 4.69) is 14.5 Å². The lowest BCUT2D eigenvalue weighted by atomic mass is 10.2. The molecule has 0 unspecified atom stereocenters. The lowest BCUT2D eigenvalue weighted by Gasteiger charge is -2.13. The van der Waals surface area contributed by atoms with E-state index in [1.807, 2.05) is 0 Å². The number of pyridine rings is 1. The van der Waals surface area contributed by atoms with E-state index in [1.54, 1.807) is 0 Å². The summed E-state index contributed by atoms with van der Waals surface area (Å²) >= 11 is 0. The van der Waals surface area contributed by atoms with Crippen molar-refractivity contribution in [1.82, 2.24) is 4.98 Å². The molecule has 0 saturated heterocycles. The standard InChI is InChI=1S/C9H8F3NO5/c1-17-6-3-5(18-9(10,11)12)8(16)4(13-6)2-7(14)15/h3,16H,2H2,1H3,(H,14,15). The van der Waals surface area contributed by atoms with Crippen molar-refractivity contribution in [3.63, 3.8) is 0 Å². The fourth-order valence-corrected chi connectivity index (χ4v) is 1.11. The van der Waals surface area contributed by atoms with Crippen LogP contribution in [0.4, 0.5) is 13.2 Å². The largest absolute Gasteiger partial charge is 0.573 e. The maximum Gasteiger partial charge on any atom is 0.573 e. The highest BCUT2D eigenvalue weighted by Gasteiger charge is 2.33. The van der Waals surface area contributed by atoms with Gasteiger partial charge in [-0.3, -0.25) is 4.79 Å². The number of nitrogens with zero attached hydrogens (tertiary/aromatic N) is 1. The molecule has 0 spiro atoms. The van der Waals surface area contributed by atoms with Crippen LogP contribution in [0.25, 0.3) is 0 Å². The van der Waals surface area contributed by atoms with Crippen molar-refractivity contribution in [3.8, 4) is 17.4 Å². The minimum Gasteiger partial charge on any atom is -0.503 e. The second kappa shape index (κ2) is 4.98. The Labute approximate surface area is 98.6 Å². The summed E-state index contributed by atoms with van der Waals surface area (Å²) in [6.07, 6.45) is -5.79. The van der Waals surface area contributed by atoms with E-state index in [9.17, 15) is 23.1 Å². The van der Waals surface area contributed by atoms with Gasteiger partial charge < -0.3 is 19.7 Å². The van der Waals surface area contributed by atoms with Crippen molar-refractivity contribution in [1.29, 1.82) is 0 Å². The van der Waals surface area contributed by atoms with Crippen LogP contribution in [-0.4, -0.2) is 34.6 Å². The number of alkyl halides is 3. The first-order valence-electron chi connectivity index (χ1n) is 4.47. The lowest BCUT2D eigenvalue weighted by molar-refractivity contribution is -0.275. The van der Waals surface area contributed by atoms with E-state index in [0.717, 1.165) is 7.11 Å². The molecule has 1 heterocycles. The van der Waals surface area contributed by atoms with E-state index in [0.29, 0.717) is 6.07 Å². The Morgan fingerprint density at radius 3 is 2.56 bits per heavy atom. The number of methoxy groups -OCH3 is 1. The molecule has 0 fully saturated rings. The molecule has 0 aliphatic rings. The molecule has 0 bridgehead atoms. The van der Waals surface area contributed by atoms with Gasteiger partial charge in [0.05, 0.1) is 13.5 Å². The van der Waals surface area contributed by atoms with Gasteiger partial charge in [0.1, 0.15) is 5.69 Å². The van der Waals surface area contributed by atoms with E-state index in [1.165, 1.54) is 0 Å². The molecular formula is C9H8F3NO5. The number of carboxylic acid groups (broad SMARTS) is 1. The molecule has 0 aromatic carbocycles. The van der Waals surface area contributed by atoms with Crippen molar-refractivity contribution in [2.45, 2.75) is 12.8 Å². The van der Waals surface area contributed by atoms with Crippen molar-refractivity contribution in [2.24, 2.45) is 0 Å². The van der Waals surface area contributed by atoms with Crippen LogP contribution < -0.4 is 9.47 Å². The van der Waals surface area contributed by atoms with E-state index in [-0.39, 0.29) is 5.88 Å². The molecule has 1 aromatic rings. The number of aromatic nitrogens is 1. The molecule has 0 atom stereocenters. The molecule has 0 aliphatic heterocycles. The molecule has 0 aliphatic carbocycles. The van der Waals surface area contributed by atoms with Crippen LogP contribution in [0.2, 0.25) is 0 Å². The summed E-state index contributed by atoms with van der Waals surface area (Å²) in [6.45, 7) is 0. The van der Waals surface area contributed by atoms with Crippen LogP contribution in [0, 0.1) is 0 Å². The first-order chi connectivity index (χ1) is 8.23. The van der Waals surface area contributed by atoms with E-state index < -0.39 is 35.9 Å². The number of hydrogen-bond acceptors (Lipinski definition) is 5. The van der Waals surface area contributed by atoms with Crippen molar-refractivity contribution in [2.75, 3.05) is 7.11 Å². The normalized spacial score (nSPS) is 11.1. The summed E-state index contributed by atoms with van der Waals surface area (Å²) in [6, 6.07) is 0.703. The molecule has 0 radical (unpaired) electrons. The van der Waals surface area contributed by atoms with E-state index >= 15 is 0 Å². The van der Waals surface area contributed by atoms with Crippen LogP contribution in [0.1, 0.15) is 5.69 Å². The van der Waals surface area contributed by atoms with Gasteiger partial charge >= 0.3 is 12.3 Å². The summed E-state index contributed by atoms with van der Waals surface area (Å²) in [5.74, 6) is -3.63.